The van der Waals surface area contributed by atoms with Crippen LogP contribution in [0.25, 0.3) is 0 Å². The SMILES string of the molecule is Cl.Cl.OC1(c2ccncc2Br)CNC1. The fourth-order valence-electron chi connectivity index (χ4n) is 1.30. The van der Waals surface area contributed by atoms with Crippen molar-refractivity contribution < 1.29 is 5.11 Å². The summed E-state index contributed by atoms with van der Waals surface area (Å²) in [5.41, 5.74) is 0.221. The summed E-state index contributed by atoms with van der Waals surface area (Å²) in [5, 5.41) is 13.0. The zero-order chi connectivity index (χ0) is 8.60. The Balaban J connectivity index is 0.000000845. The van der Waals surface area contributed by atoms with Crippen molar-refractivity contribution in [3.05, 3.63) is 28.5 Å². The molecule has 1 fully saturated rings. The summed E-state index contributed by atoms with van der Waals surface area (Å²) >= 11 is 3.36. The maximum absolute atomic E-state index is 9.94. The van der Waals surface area contributed by atoms with Gasteiger partial charge >= 0.3 is 0 Å². The molecule has 0 spiro atoms. The van der Waals surface area contributed by atoms with Crippen molar-refractivity contribution in [3.63, 3.8) is 0 Å². The molecule has 6 heteroatoms. The third-order valence-corrected chi connectivity index (χ3v) is 2.74. The van der Waals surface area contributed by atoms with Crippen LogP contribution in [0, 0.1) is 0 Å². The lowest BCUT2D eigenvalue weighted by Gasteiger charge is -2.38. The number of pyridine rings is 1. The molecular formula is C8H11BrCl2N2O. The molecule has 1 aliphatic rings. The summed E-state index contributed by atoms with van der Waals surface area (Å²) in [7, 11) is 0. The number of rotatable bonds is 1. The maximum atomic E-state index is 9.94. The fourth-order valence-corrected chi connectivity index (χ4v) is 1.92. The van der Waals surface area contributed by atoms with Gasteiger partial charge < -0.3 is 10.4 Å². The Hall–Kier alpha value is 0.130. The van der Waals surface area contributed by atoms with Gasteiger partial charge in [0.25, 0.3) is 0 Å². The first-order valence-corrected chi connectivity index (χ1v) is 4.55. The lowest BCUT2D eigenvalue weighted by molar-refractivity contribution is -0.0153. The van der Waals surface area contributed by atoms with E-state index in [1.165, 1.54) is 0 Å². The van der Waals surface area contributed by atoms with E-state index in [9.17, 15) is 5.11 Å². The molecule has 0 aliphatic carbocycles. The van der Waals surface area contributed by atoms with E-state index in [-0.39, 0.29) is 24.8 Å². The third kappa shape index (κ3) is 2.38. The van der Waals surface area contributed by atoms with Gasteiger partial charge in [-0.25, -0.2) is 0 Å². The molecule has 0 atom stereocenters. The molecule has 0 aromatic carbocycles. The van der Waals surface area contributed by atoms with Gasteiger partial charge in [0, 0.05) is 35.5 Å². The summed E-state index contributed by atoms with van der Waals surface area (Å²) in [5.74, 6) is 0. The number of nitrogens with zero attached hydrogens (tertiary/aromatic N) is 1. The number of hydrogen-bond acceptors (Lipinski definition) is 3. The smallest absolute Gasteiger partial charge is 0.116 e. The van der Waals surface area contributed by atoms with Crippen molar-refractivity contribution in [2.45, 2.75) is 5.60 Å². The van der Waals surface area contributed by atoms with E-state index in [1.54, 1.807) is 12.4 Å². The van der Waals surface area contributed by atoms with Crippen molar-refractivity contribution in [2.75, 3.05) is 13.1 Å². The van der Waals surface area contributed by atoms with Crippen LogP contribution >= 0.6 is 40.7 Å². The zero-order valence-electron chi connectivity index (χ0n) is 7.24. The molecule has 1 aromatic rings. The van der Waals surface area contributed by atoms with Crippen molar-refractivity contribution >= 4 is 40.7 Å². The lowest BCUT2D eigenvalue weighted by atomic mass is 9.89. The van der Waals surface area contributed by atoms with Crippen molar-refractivity contribution in [1.82, 2.24) is 10.3 Å². The van der Waals surface area contributed by atoms with E-state index < -0.39 is 5.60 Å². The average Bonchev–Trinajstić information content (AvgIpc) is 2.01. The molecule has 2 heterocycles. The summed E-state index contributed by atoms with van der Waals surface area (Å²) in [6, 6.07) is 1.84. The van der Waals surface area contributed by atoms with E-state index in [2.05, 4.69) is 26.2 Å². The minimum Gasteiger partial charge on any atom is -0.382 e. The molecule has 80 valence electrons. The normalized spacial score (nSPS) is 17.3. The standard InChI is InChI=1S/C8H9BrN2O.2ClH/c9-7-3-10-2-1-6(7)8(12)4-11-5-8;;/h1-3,11-12H,4-5H2;2*1H. The molecule has 0 amide bonds. The fraction of sp³-hybridized carbons (Fsp3) is 0.375. The van der Waals surface area contributed by atoms with Gasteiger partial charge in [-0.1, -0.05) is 0 Å². The van der Waals surface area contributed by atoms with Crippen LogP contribution in [0.3, 0.4) is 0 Å². The predicted molar refractivity (Wildman–Crippen MR) is 63.2 cm³/mol. The number of aliphatic hydroxyl groups is 1. The Morgan fingerprint density at radius 2 is 2.07 bits per heavy atom. The molecule has 14 heavy (non-hydrogen) atoms. The minimum absolute atomic E-state index is 0. The highest BCUT2D eigenvalue weighted by Crippen LogP contribution is 2.30. The molecule has 2 N–H and O–H groups in total. The topological polar surface area (TPSA) is 45.2 Å². The number of halogens is 3. The van der Waals surface area contributed by atoms with Crippen molar-refractivity contribution in [3.8, 4) is 0 Å². The summed E-state index contributed by atoms with van der Waals surface area (Å²) in [6.07, 6.45) is 3.39. The van der Waals surface area contributed by atoms with Crippen molar-refractivity contribution in [1.29, 1.82) is 0 Å². The summed E-state index contributed by atoms with van der Waals surface area (Å²) in [4.78, 5) is 3.94. The molecule has 3 nitrogen and oxygen atoms in total. The first-order valence-electron chi connectivity index (χ1n) is 3.75. The summed E-state index contributed by atoms with van der Waals surface area (Å²) < 4.78 is 0.869. The highest BCUT2D eigenvalue weighted by atomic mass is 79.9. The lowest BCUT2D eigenvalue weighted by Crippen LogP contribution is -2.56. The third-order valence-electron chi connectivity index (χ3n) is 2.11. The molecule has 0 radical (unpaired) electrons. The van der Waals surface area contributed by atoms with Gasteiger partial charge in [-0.2, -0.15) is 0 Å². The minimum atomic E-state index is -0.693. The van der Waals surface area contributed by atoms with Gasteiger partial charge in [-0.15, -0.1) is 24.8 Å². The largest absolute Gasteiger partial charge is 0.382 e. The zero-order valence-corrected chi connectivity index (χ0v) is 10.5. The van der Waals surface area contributed by atoms with Crippen LogP contribution in [0.2, 0.25) is 0 Å². The number of nitrogens with one attached hydrogen (secondary N) is 1. The van der Waals surface area contributed by atoms with E-state index in [0.717, 1.165) is 10.0 Å². The second-order valence-corrected chi connectivity index (χ2v) is 3.84. The molecule has 2 rings (SSSR count). The molecule has 0 unspecified atom stereocenters. The Bertz CT molecular complexity index is 307. The van der Waals surface area contributed by atoms with Crippen LogP contribution in [0.5, 0.6) is 0 Å². The summed E-state index contributed by atoms with van der Waals surface area (Å²) in [6.45, 7) is 1.24. The molecule has 1 aromatic heterocycles. The monoisotopic (exact) mass is 300 g/mol. The maximum Gasteiger partial charge on any atom is 0.116 e. The highest BCUT2D eigenvalue weighted by Gasteiger charge is 2.37. The quantitative estimate of drug-likeness (QED) is 0.826. The van der Waals surface area contributed by atoms with Gasteiger partial charge in [-0.3, -0.25) is 4.98 Å². The molecular weight excluding hydrogens is 291 g/mol. The van der Waals surface area contributed by atoms with Gasteiger partial charge in [-0.05, 0) is 22.0 Å². The van der Waals surface area contributed by atoms with Crippen molar-refractivity contribution in [2.24, 2.45) is 0 Å². The molecule has 1 aliphatic heterocycles. The second-order valence-electron chi connectivity index (χ2n) is 2.99. The Morgan fingerprint density at radius 1 is 1.43 bits per heavy atom. The van der Waals surface area contributed by atoms with Gasteiger partial charge in [0.15, 0.2) is 0 Å². The Morgan fingerprint density at radius 3 is 2.50 bits per heavy atom. The molecule has 1 saturated heterocycles. The molecule has 0 saturated carbocycles. The van der Waals surface area contributed by atoms with Gasteiger partial charge in [0.1, 0.15) is 5.60 Å². The van der Waals surface area contributed by atoms with Gasteiger partial charge in [0.05, 0.1) is 0 Å². The van der Waals surface area contributed by atoms with E-state index >= 15 is 0 Å². The van der Waals surface area contributed by atoms with Crippen LogP contribution in [-0.4, -0.2) is 23.2 Å². The molecule has 0 bridgehead atoms. The van der Waals surface area contributed by atoms with Crippen LogP contribution in [-0.2, 0) is 5.60 Å². The second kappa shape index (κ2) is 5.28. The highest BCUT2D eigenvalue weighted by molar-refractivity contribution is 9.10. The van der Waals surface area contributed by atoms with Crippen LogP contribution in [0.4, 0.5) is 0 Å². The first-order chi connectivity index (χ1) is 5.72. The predicted octanol–water partition coefficient (Wildman–Crippen LogP) is 1.48. The van der Waals surface area contributed by atoms with Gasteiger partial charge in [0.2, 0.25) is 0 Å². The average molecular weight is 302 g/mol. The van der Waals surface area contributed by atoms with E-state index in [0.29, 0.717) is 13.1 Å². The van der Waals surface area contributed by atoms with Crippen LogP contribution < -0.4 is 5.32 Å². The first kappa shape index (κ1) is 14.1. The Kier molecular flexibility index (Phi) is 5.33. The van der Waals surface area contributed by atoms with Crippen LogP contribution in [0.1, 0.15) is 5.56 Å². The van der Waals surface area contributed by atoms with E-state index in [1.807, 2.05) is 6.07 Å². The Labute approximate surface area is 103 Å². The van der Waals surface area contributed by atoms with Crippen LogP contribution in [0.15, 0.2) is 22.9 Å². The number of aromatic nitrogens is 1. The number of β-amino-alcohol motifs (C(OH)–C–C–N with tert-alkyl or cyclic N) is 1. The number of hydrogen-bond donors (Lipinski definition) is 2. The van der Waals surface area contributed by atoms with E-state index in [4.69, 9.17) is 0 Å².